The molecule has 1 N–H and O–H groups in total. The van der Waals surface area contributed by atoms with Crippen LogP contribution in [0, 0.1) is 0 Å². The number of likely N-dealkylation sites (N-methyl/N-ethyl adjacent to an activating group) is 1. The molecule has 0 aliphatic carbocycles. The van der Waals surface area contributed by atoms with Gasteiger partial charge in [-0.15, -0.1) is 6.58 Å². The molecule has 1 aliphatic heterocycles. The van der Waals surface area contributed by atoms with Gasteiger partial charge < -0.3 is 10.2 Å². The minimum atomic E-state index is -0.0140. The Balaban J connectivity index is 2.61. The van der Waals surface area contributed by atoms with Gasteiger partial charge in [-0.25, -0.2) is 4.79 Å². The minimum absolute atomic E-state index is 0.0140. The number of rotatable bonds is 1. The van der Waals surface area contributed by atoms with Crippen LogP contribution in [0.15, 0.2) is 12.7 Å². The summed E-state index contributed by atoms with van der Waals surface area (Å²) < 4.78 is 0. The summed E-state index contributed by atoms with van der Waals surface area (Å²) in [5.41, 5.74) is 0. The SMILES string of the molecule is C=C[C@@H]1CNC(=O)N1C. The zero-order valence-electron chi connectivity index (χ0n) is 5.42. The van der Waals surface area contributed by atoms with Gasteiger partial charge in [-0.05, 0) is 0 Å². The van der Waals surface area contributed by atoms with E-state index in [0.717, 1.165) is 0 Å². The van der Waals surface area contributed by atoms with Gasteiger partial charge in [0.05, 0.1) is 6.04 Å². The number of hydrogen-bond donors (Lipinski definition) is 1. The monoisotopic (exact) mass is 126 g/mol. The van der Waals surface area contributed by atoms with Crippen molar-refractivity contribution in [2.75, 3.05) is 13.6 Å². The molecule has 3 heteroatoms. The van der Waals surface area contributed by atoms with Crippen molar-refractivity contribution in [2.45, 2.75) is 6.04 Å². The van der Waals surface area contributed by atoms with Crippen LogP contribution in [-0.4, -0.2) is 30.6 Å². The fraction of sp³-hybridized carbons (Fsp3) is 0.500. The highest BCUT2D eigenvalue weighted by Gasteiger charge is 2.23. The first-order chi connectivity index (χ1) is 4.25. The van der Waals surface area contributed by atoms with E-state index in [2.05, 4.69) is 11.9 Å². The molecule has 2 amide bonds. The Kier molecular flexibility index (Phi) is 1.42. The van der Waals surface area contributed by atoms with Crippen LogP contribution in [0.25, 0.3) is 0 Å². The Bertz CT molecular complexity index is 144. The second kappa shape index (κ2) is 2.09. The molecule has 50 valence electrons. The molecule has 0 aromatic carbocycles. The lowest BCUT2D eigenvalue weighted by Gasteiger charge is -2.11. The topological polar surface area (TPSA) is 32.3 Å². The molecule has 1 fully saturated rings. The molecule has 0 spiro atoms. The molecule has 1 aliphatic rings. The Morgan fingerprint density at radius 3 is 2.89 bits per heavy atom. The second-order valence-electron chi connectivity index (χ2n) is 2.10. The summed E-state index contributed by atoms with van der Waals surface area (Å²) in [7, 11) is 1.76. The Morgan fingerprint density at radius 1 is 2.00 bits per heavy atom. The van der Waals surface area contributed by atoms with E-state index in [-0.39, 0.29) is 12.1 Å². The van der Waals surface area contributed by atoms with Crippen molar-refractivity contribution < 1.29 is 4.79 Å². The summed E-state index contributed by atoms with van der Waals surface area (Å²) >= 11 is 0. The fourth-order valence-corrected chi connectivity index (χ4v) is 0.846. The number of carbonyl (C=O) groups excluding carboxylic acids is 1. The van der Waals surface area contributed by atoms with Crippen LogP contribution in [0.4, 0.5) is 4.79 Å². The minimum Gasteiger partial charge on any atom is -0.336 e. The van der Waals surface area contributed by atoms with Crippen molar-refractivity contribution in [1.29, 1.82) is 0 Å². The molecule has 0 aromatic heterocycles. The molecule has 0 bridgehead atoms. The van der Waals surface area contributed by atoms with E-state index in [0.29, 0.717) is 6.54 Å². The molecule has 0 radical (unpaired) electrons. The van der Waals surface area contributed by atoms with Crippen LogP contribution in [-0.2, 0) is 0 Å². The third-order valence-electron chi connectivity index (χ3n) is 1.55. The first-order valence-corrected chi connectivity index (χ1v) is 2.89. The molecule has 0 saturated carbocycles. The zero-order valence-corrected chi connectivity index (χ0v) is 5.42. The number of carbonyl (C=O) groups is 1. The van der Waals surface area contributed by atoms with Crippen molar-refractivity contribution in [2.24, 2.45) is 0 Å². The smallest absolute Gasteiger partial charge is 0.317 e. The highest BCUT2D eigenvalue weighted by Crippen LogP contribution is 2.02. The van der Waals surface area contributed by atoms with Crippen molar-refractivity contribution >= 4 is 6.03 Å². The van der Waals surface area contributed by atoms with Crippen LogP contribution < -0.4 is 5.32 Å². The molecule has 0 aromatic rings. The number of hydrogen-bond acceptors (Lipinski definition) is 1. The third-order valence-corrected chi connectivity index (χ3v) is 1.55. The lowest BCUT2D eigenvalue weighted by Crippen LogP contribution is -2.28. The largest absolute Gasteiger partial charge is 0.336 e. The van der Waals surface area contributed by atoms with Crippen molar-refractivity contribution in [3.8, 4) is 0 Å². The highest BCUT2D eigenvalue weighted by molar-refractivity contribution is 5.76. The summed E-state index contributed by atoms with van der Waals surface area (Å²) in [6, 6.07) is 0.164. The fourth-order valence-electron chi connectivity index (χ4n) is 0.846. The van der Waals surface area contributed by atoms with Crippen LogP contribution >= 0.6 is 0 Å². The van der Waals surface area contributed by atoms with Gasteiger partial charge in [-0.2, -0.15) is 0 Å². The predicted octanol–water partition coefficient (Wildman–Crippen LogP) is 0.196. The molecule has 9 heavy (non-hydrogen) atoms. The van der Waals surface area contributed by atoms with Gasteiger partial charge in [0.1, 0.15) is 0 Å². The molecule has 1 rings (SSSR count). The van der Waals surface area contributed by atoms with Gasteiger partial charge in [0.2, 0.25) is 0 Å². The van der Waals surface area contributed by atoms with Crippen molar-refractivity contribution in [3.63, 3.8) is 0 Å². The number of amides is 2. The van der Waals surface area contributed by atoms with Crippen LogP contribution in [0.1, 0.15) is 0 Å². The molecule has 1 heterocycles. The van der Waals surface area contributed by atoms with E-state index in [4.69, 9.17) is 0 Å². The van der Waals surface area contributed by atoms with Crippen LogP contribution in [0.5, 0.6) is 0 Å². The summed E-state index contributed by atoms with van der Waals surface area (Å²) in [5.74, 6) is 0. The maximum atomic E-state index is 10.7. The van der Waals surface area contributed by atoms with Gasteiger partial charge in [-0.1, -0.05) is 6.08 Å². The maximum absolute atomic E-state index is 10.7. The van der Waals surface area contributed by atoms with Crippen LogP contribution in [0.2, 0.25) is 0 Å². The van der Waals surface area contributed by atoms with E-state index >= 15 is 0 Å². The Labute approximate surface area is 54.3 Å². The first kappa shape index (κ1) is 6.13. The molecular weight excluding hydrogens is 116 g/mol. The quantitative estimate of drug-likeness (QED) is 0.500. The van der Waals surface area contributed by atoms with E-state index in [1.54, 1.807) is 18.0 Å². The number of nitrogens with one attached hydrogen (secondary N) is 1. The number of urea groups is 1. The Morgan fingerprint density at radius 2 is 2.67 bits per heavy atom. The van der Waals surface area contributed by atoms with Crippen molar-refractivity contribution in [3.05, 3.63) is 12.7 Å². The predicted molar refractivity (Wildman–Crippen MR) is 35.1 cm³/mol. The normalized spacial score (nSPS) is 26.1. The summed E-state index contributed by atoms with van der Waals surface area (Å²) in [4.78, 5) is 12.3. The standard InChI is InChI=1S/C6H10N2O/c1-3-5-4-7-6(9)8(5)2/h3,5H,1,4H2,2H3,(H,7,9)/t5-/m1/s1. The average molecular weight is 126 g/mol. The molecular formula is C6H10N2O. The molecule has 1 saturated heterocycles. The van der Waals surface area contributed by atoms with Crippen LogP contribution in [0.3, 0.4) is 0 Å². The summed E-state index contributed by atoms with van der Waals surface area (Å²) in [6.45, 7) is 4.29. The van der Waals surface area contributed by atoms with E-state index in [9.17, 15) is 4.79 Å². The number of nitrogens with zero attached hydrogens (tertiary/aromatic N) is 1. The lowest BCUT2D eigenvalue weighted by molar-refractivity contribution is 0.221. The van der Waals surface area contributed by atoms with Gasteiger partial charge in [0.15, 0.2) is 0 Å². The molecule has 1 atom stereocenters. The van der Waals surface area contributed by atoms with E-state index in [1.807, 2.05) is 0 Å². The van der Waals surface area contributed by atoms with Gasteiger partial charge in [0.25, 0.3) is 0 Å². The van der Waals surface area contributed by atoms with Crippen molar-refractivity contribution in [1.82, 2.24) is 10.2 Å². The lowest BCUT2D eigenvalue weighted by atomic mass is 10.3. The van der Waals surface area contributed by atoms with E-state index in [1.165, 1.54) is 0 Å². The maximum Gasteiger partial charge on any atom is 0.317 e. The second-order valence-corrected chi connectivity index (χ2v) is 2.10. The third kappa shape index (κ3) is 0.896. The zero-order chi connectivity index (χ0) is 6.85. The average Bonchev–Trinajstić information content (AvgIpc) is 2.15. The molecule has 3 nitrogen and oxygen atoms in total. The van der Waals surface area contributed by atoms with Gasteiger partial charge in [0, 0.05) is 13.6 Å². The summed E-state index contributed by atoms with van der Waals surface area (Å²) in [5, 5.41) is 2.69. The van der Waals surface area contributed by atoms with E-state index < -0.39 is 0 Å². The van der Waals surface area contributed by atoms with Gasteiger partial charge in [-0.3, -0.25) is 0 Å². The highest BCUT2D eigenvalue weighted by atomic mass is 16.2. The van der Waals surface area contributed by atoms with Gasteiger partial charge >= 0.3 is 6.03 Å². The Hall–Kier alpha value is -0.990. The first-order valence-electron chi connectivity index (χ1n) is 2.89. The summed E-state index contributed by atoms with van der Waals surface area (Å²) in [6.07, 6.45) is 1.76. The molecule has 0 unspecified atom stereocenters.